The van der Waals surface area contributed by atoms with Gasteiger partial charge in [-0.1, -0.05) is 72.8 Å². The third-order valence-corrected chi connectivity index (χ3v) is 2.40. The van der Waals surface area contributed by atoms with Crippen LogP contribution in [0.2, 0.25) is 0 Å². The number of aromatic hydroxyl groups is 1. The van der Waals surface area contributed by atoms with Crippen molar-refractivity contribution in [2.75, 3.05) is 7.11 Å². The van der Waals surface area contributed by atoms with E-state index in [0.29, 0.717) is 5.75 Å². The summed E-state index contributed by atoms with van der Waals surface area (Å²) in [5.74, 6) is 1.23. The van der Waals surface area contributed by atoms with Crippen molar-refractivity contribution in [3.8, 4) is 11.5 Å². The molecule has 0 fully saturated rings. The maximum atomic E-state index is 8.63. The van der Waals surface area contributed by atoms with Crippen molar-refractivity contribution in [1.29, 1.82) is 0 Å². The van der Waals surface area contributed by atoms with Gasteiger partial charge in [0.1, 0.15) is 11.5 Å². The summed E-state index contributed by atoms with van der Waals surface area (Å²) >= 11 is 0. The van der Waals surface area contributed by atoms with Crippen LogP contribution in [0.5, 0.6) is 11.5 Å². The Bertz CT molecular complexity index is 524. The lowest BCUT2D eigenvalue weighted by Gasteiger charge is -1.93. The molecule has 0 aliphatic carbocycles. The average Bonchev–Trinajstić information content (AvgIpc) is 2.59. The minimum Gasteiger partial charge on any atom is -0.508 e. The van der Waals surface area contributed by atoms with E-state index in [9.17, 15) is 0 Å². The molecule has 2 heteroatoms. The predicted molar refractivity (Wildman–Crippen MR) is 87.5 cm³/mol. The van der Waals surface area contributed by atoms with Crippen molar-refractivity contribution < 1.29 is 9.84 Å². The van der Waals surface area contributed by atoms with Crippen LogP contribution in [0, 0.1) is 0 Å². The molecule has 0 aromatic heterocycles. The normalized spacial score (nSPS) is 8.43. The first-order chi connectivity index (χ1) is 10.3. The van der Waals surface area contributed by atoms with Crippen LogP contribution in [0.25, 0.3) is 0 Å². The van der Waals surface area contributed by atoms with Crippen LogP contribution < -0.4 is 4.74 Å². The molecule has 3 aromatic carbocycles. The maximum absolute atomic E-state index is 8.63. The summed E-state index contributed by atoms with van der Waals surface area (Å²) in [6.07, 6.45) is 0. The van der Waals surface area contributed by atoms with E-state index >= 15 is 0 Å². The van der Waals surface area contributed by atoms with E-state index in [0.717, 1.165) is 5.75 Å². The molecule has 3 aromatic rings. The largest absolute Gasteiger partial charge is 0.508 e. The van der Waals surface area contributed by atoms with E-state index in [1.165, 1.54) is 0 Å². The van der Waals surface area contributed by atoms with Gasteiger partial charge in [-0.05, 0) is 24.3 Å². The van der Waals surface area contributed by atoms with Gasteiger partial charge in [-0.3, -0.25) is 0 Å². The highest BCUT2D eigenvalue weighted by atomic mass is 16.5. The van der Waals surface area contributed by atoms with Crippen LogP contribution in [0.15, 0.2) is 97.1 Å². The Morgan fingerprint density at radius 2 is 0.905 bits per heavy atom. The second-order valence-corrected chi connectivity index (χ2v) is 4.01. The van der Waals surface area contributed by atoms with Gasteiger partial charge in [0.15, 0.2) is 0 Å². The molecule has 3 rings (SSSR count). The fourth-order valence-corrected chi connectivity index (χ4v) is 1.37. The lowest BCUT2D eigenvalue weighted by molar-refractivity contribution is 0.415. The number of methoxy groups -OCH3 is 1. The zero-order valence-corrected chi connectivity index (χ0v) is 12.1. The number of hydrogen-bond acceptors (Lipinski definition) is 2. The fourth-order valence-electron chi connectivity index (χ4n) is 1.37. The van der Waals surface area contributed by atoms with E-state index in [2.05, 4.69) is 0 Å². The van der Waals surface area contributed by atoms with Crippen molar-refractivity contribution in [2.24, 2.45) is 0 Å². The Balaban J connectivity index is 0.000000159. The number of hydrogen-bond donors (Lipinski definition) is 1. The van der Waals surface area contributed by atoms with Gasteiger partial charge in [-0.2, -0.15) is 0 Å². The minimum atomic E-state index is 0.322. The van der Waals surface area contributed by atoms with Crippen LogP contribution >= 0.6 is 0 Å². The summed E-state index contributed by atoms with van der Waals surface area (Å²) in [5, 5.41) is 8.63. The number of rotatable bonds is 1. The summed E-state index contributed by atoms with van der Waals surface area (Å²) in [6.45, 7) is 0. The molecule has 108 valence electrons. The maximum Gasteiger partial charge on any atom is 0.118 e. The number of phenols is 1. The van der Waals surface area contributed by atoms with Crippen molar-refractivity contribution in [1.82, 2.24) is 0 Å². The van der Waals surface area contributed by atoms with Crippen LogP contribution in [-0.4, -0.2) is 12.2 Å². The predicted octanol–water partition coefficient (Wildman–Crippen LogP) is 4.77. The minimum absolute atomic E-state index is 0.322. The molecule has 0 radical (unpaired) electrons. The van der Waals surface area contributed by atoms with Gasteiger partial charge in [0.05, 0.1) is 7.11 Å². The van der Waals surface area contributed by atoms with Crippen LogP contribution in [0.1, 0.15) is 0 Å². The zero-order valence-electron chi connectivity index (χ0n) is 12.1. The lowest BCUT2D eigenvalue weighted by Crippen LogP contribution is -1.78. The summed E-state index contributed by atoms with van der Waals surface area (Å²) in [7, 11) is 1.66. The van der Waals surface area contributed by atoms with E-state index in [1.54, 1.807) is 31.4 Å². The molecule has 0 unspecified atom stereocenters. The smallest absolute Gasteiger partial charge is 0.118 e. The monoisotopic (exact) mass is 280 g/mol. The summed E-state index contributed by atoms with van der Waals surface area (Å²) < 4.78 is 4.91. The highest BCUT2D eigenvalue weighted by Crippen LogP contribution is 2.05. The quantitative estimate of drug-likeness (QED) is 0.695. The van der Waals surface area contributed by atoms with Crippen molar-refractivity contribution >= 4 is 0 Å². The fraction of sp³-hybridized carbons (Fsp3) is 0.0526. The molecule has 0 saturated carbocycles. The first-order valence-electron chi connectivity index (χ1n) is 6.66. The average molecular weight is 280 g/mol. The number of benzene rings is 3. The SMILES string of the molecule is COc1ccccc1.Oc1ccccc1.c1ccccc1. The molecule has 0 bridgehead atoms. The molecular formula is C19H20O2. The van der Waals surface area contributed by atoms with Crippen molar-refractivity contribution in [3.63, 3.8) is 0 Å². The Labute approximate surface area is 126 Å². The molecule has 0 saturated heterocycles. The summed E-state index contributed by atoms with van der Waals surface area (Å²) in [5.41, 5.74) is 0. The molecule has 0 heterocycles. The van der Waals surface area contributed by atoms with E-state index in [1.807, 2.05) is 72.8 Å². The van der Waals surface area contributed by atoms with Gasteiger partial charge in [-0.25, -0.2) is 0 Å². The van der Waals surface area contributed by atoms with Gasteiger partial charge in [-0.15, -0.1) is 0 Å². The van der Waals surface area contributed by atoms with Crippen LogP contribution in [0.3, 0.4) is 0 Å². The Morgan fingerprint density at radius 3 is 1.14 bits per heavy atom. The van der Waals surface area contributed by atoms with Crippen LogP contribution in [0.4, 0.5) is 0 Å². The van der Waals surface area contributed by atoms with Gasteiger partial charge < -0.3 is 9.84 Å². The first kappa shape index (κ1) is 16.3. The number of ether oxygens (including phenoxy) is 1. The highest BCUT2D eigenvalue weighted by molar-refractivity contribution is 5.20. The number of phenolic OH excluding ortho intramolecular Hbond substituents is 1. The molecule has 21 heavy (non-hydrogen) atoms. The van der Waals surface area contributed by atoms with Gasteiger partial charge in [0.2, 0.25) is 0 Å². The summed E-state index contributed by atoms with van der Waals surface area (Å²) in [4.78, 5) is 0. The zero-order chi connectivity index (χ0) is 15.2. The van der Waals surface area contributed by atoms with Crippen molar-refractivity contribution in [3.05, 3.63) is 97.1 Å². The highest BCUT2D eigenvalue weighted by Gasteiger charge is 1.80. The molecule has 0 spiro atoms. The van der Waals surface area contributed by atoms with E-state index in [-0.39, 0.29) is 0 Å². The molecule has 2 nitrogen and oxygen atoms in total. The summed E-state index contributed by atoms with van der Waals surface area (Å²) in [6, 6.07) is 30.4. The van der Waals surface area contributed by atoms with Crippen molar-refractivity contribution in [2.45, 2.75) is 0 Å². The number of para-hydroxylation sites is 2. The van der Waals surface area contributed by atoms with E-state index < -0.39 is 0 Å². The molecule has 0 aliphatic heterocycles. The molecule has 0 aliphatic rings. The lowest BCUT2D eigenvalue weighted by atomic mass is 10.3. The standard InChI is InChI=1S/C7H8O.C6H6O.C6H6/c1-8-7-5-3-2-4-6-7;7-6-4-2-1-3-5-6;1-2-4-6-5-3-1/h2-6H,1H3;1-5,7H;1-6H. The molecule has 0 atom stereocenters. The van der Waals surface area contributed by atoms with E-state index in [4.69, 9.17) is 9.84 Å². The molecule has 1 N–H and O–H groups in total. The Hall–Kier alpha value is -2.74. The molecular weight excluding hydrogens is 260 g/mol. The molecule has 0 amide bonds. The Kier molecular flexibility index (Phi) is 8.64. The second kappa shape index (κ2) is 11.1. The first-order valence-corrected chi connectivity index (χ1v) is 6.66. The Morgan fingerprint density at radius 1 is 0.571 bits per heavy atom. The van der Waals surface area contributed by atoms with Crippen LogP contribution in [-0.2, 0) is 0 Å². The van der Waals surface area contributed by atoms with Gasteiger partial charge in [0, 0.05) is 0 Å². The topological polar surface area (TPSA) is 29.5 Å². The second-order valence-electron chi connectivity index (χ2n) is 4.01. The third-order valence-electron chi connectivity index (χ3n) is 2.40. The third kappa shape index (κ3) is 8.89. The van der Waals surface area contributed by atoms with Gasteiger partial charge in [0.25, 0.3) is 0 Å². The van der Waals surface area contributed by atoms with Gasteiger partial charge >= 0.3 is 0 Å².